The standard InChI is InChI=1S/2C17H22N.3C16H20N.5CH4/c1-13(2)11-15-9-10-18(4)17(12-15)16-8-6-5-7-14(16)3;1-13(2)11-15-9-10-17(18(4)12-15)16-8-6-5-7-14(16)3;1-5-14-10-16(17(4)11-13(14)3)15-9-7-6-8-12(15)2;2*1-5-14-11-17(4)16(10-13(14)3)15-9-7-6-8-12(15)2;;;;;/h2*5-10,12-13H,11H2,1-4H3;3*6-11H,5H2,1-4H3;5*1H4/q5*+1;;;;;/i2*11D2;3D3,5D2;5D2;;;;;;. The van der Waals surface area contributed by atoms with E-state index < -0.39 is 32.3 Å². The first-order valence-electron chi connectivity index (χ1n) is 36.0. The summed E-state index contributed by atoms with van der Waals surface area (Å²) in [6, 6.07) is 54.8. The predicted octanol–water partition coefficient (Wildman–Crippen LogP) is 20.6. The minimum atomic E-state index is -2.35. The van der Waals surface area contributed by atoms with E-state index in [1.54, 1.807) is 24.6 Å². The van der Waals surface area contributed by atoms with Gasteiger partial charge in [0.05, 0.1) is 0 Å². The summed E-state index contributed by atoms with van der Waals surface area (Å²) in [5.41, 5.74) is 23.5. The summed E-state index contributed by atoms with van der Waals surface area (Å²) in [4.78, 5) is 0. The van der Waals surface area contributed by atoms with Crippen molar-refractivity contribution in [3.05, 3.63) is 267 Å². The fourth-order valence-corrected chi connectivity index (χ4v) is 10.7. The quantitative estimate of drug-likeness (QED) is 0.109. The number of aryl methyl sites for hydroxylation is 16. The Hall–Kier alpha value is -8.15. The van der Waals surface area contributed by atoms with Crippen molar-refractivity contribution in [2.45, 2.75) is 173 Å². The first kappa shape index (κ1) is 64.0. The van der Waals surface area contributed by atoms with Gasteiger partial charge in [-0.2, -0.15) is 0 Å². The monoisotopic (exact) mass is 1250 g/mol. The Kier molecular flexibility index (Phi) is 27.3. The topological polar surface area (TPSA) is 19.4 Å². The van der Waals surface area contributed by atoms with Gasteiger partial charge in [0, 0.05) is 102 Å². The van der Waals surface area contributed by atoms with Crippen LogP contribution in [0.15, 0.2) is 195 Å². The van der Waals surface area contributed by atoms with Crippen LogP contribution in [0.1, 0.15) is 173 Å². The van der Waals surface area contributed by atoms with Crippen molar-refractivity contribution < 1.29 is 37.9 Å². The van der Waals surface area contributed by atoms with E-state index in [1.165, 1.54) is 68.9 Å². The normalized spacial score (nSPS) is 12.7. The molecule has 5 heterocycles. The number of pyridine rings is 5. The van der Waals surface area contributed by atoms with Crippen LogP contribution < -0.4 is 22.8 Å². The van der Waals surface area contributed by atoms with Crippen LogP contribution in [-0.4, -0.2) is 0 Å². The molecule has 10 rings (SSSR count). The maximum Gasteiger partial charge on any atom is 0.212 e. The van der Waals surface area contributed by atoms with E-state index in [9.17, 15) is 0 Å². The molecule has 0 saturated heterocycles. The summed E-state index contributed by atoms with van der Waals surface area (Å²) in [6.07, 6.45) is 4.95. The molecule has 0 bridgehead atoms. The summed E-state index contributed by atoms with van der Waals surface area (Å²) in [5, 5.41) is 0. The van der Waals surface area contributed by atoms with Gasteiger partial charge in [0.25, 0.3) is 0 Å². The highest BCUT2D eigenvalue weighted by atomic mass is 14.9. The lowest BCUT2D eigenvalue weighted by atomic mass is 9.99. The zero-order valence-electron chi connectivity index (χ0n) is 66.6. The number of aromatic nitrogens is 5. The highest BCUT2D eigenvalue weighted by Gasteiger charge is 2.19. The minimum Gasteiger partial charge on any atom is -0.201 e. The van der Waals surface area contributed by atoms with E-state index in [1.807, 2.05) is 180 Å². The summed E-state index contributed by atoms with van der Waals surface area (Å²) >= 11 is 0. The van der Waals surface area contributed by atoms with E-state index in [0.29, 0.717) is 0 Å². The molecule has 0 atom stereocenters. The van der Waals surface area contributed by atoms with Crippen LogP contribution in [0.5, 0.6) is 0 Å². The van der Waals surface area contributed by atoms with Crippen LogP contribution >= 0.6 is 0 Å². The van der Waals surface area contributed by atoms with Crippen LogP contribution in [-0.2, 0) is 67.2 Å². The second-order valence-corrected chi connectivity index (χ2v) is 23.3. The number of benzene rings is 5. The Bertz CT molecular complexity index is 4390. The van der Waals surface area contributed by atoms with Crippen molar-refractivity contribution in [1.29, 1.82) is 0 Å². The molecule has 10 aromatic rings. The SMILES string of the molecule is C.C.C.C.C.CCc1c[n+](C)c(-c2ccccc2C)cc1C.[2H]C([2H])(C)c1c[n+](C)c(-c2ccccc2C)cc1C.[2H]C([2H])([2H])c1c[n+](C)c(-c2ccccc2C)cc1C([2H])([2H])C.[2H]C([2H])(c1cc[n+](C)c(-c2ccccc2C)c1)C(C)C.[2H]C([2H])(c1ccc(-c2ccccc2C)[n+](C)c1)C(C)C. The predicted molar refractivity (Wildman–Crippen MR) is 402 cm³/mol. The van der Waals surface area contributed by atoms with Crippen LogP contribution in [0.25, 0.3) is 56.3 Å². The van der Waals surface area contributed by atoms with Gasteiger partial charge in [-0.05, 0) is 186 Å². The molecule has 492 valence electrons. The molecule has 0 aliphatic carbocycles. The van der Waals surface area contributed by atoms with Gasteiger partial charge in [0.1, 0.15) is 35.2 Å². The average molecular weight is 1250 g/mol. The summed E-state index contributed by atoms with van der Waals surface area (Å²) in [5.74, 6) is -0.105. The Labute approximate surface area is 578 Å². The number of hydrogen-bond acceptors (Lipinski definition) is 0. The van der Waals surface area contributed by atoms with Crippen molar-refractivity contribution in [2.75, 3.05) is 0 Å². The first-order valence-corrected chi connectivity index (χ1v) is 30.5. The molecular weight excluding hydrogens is 1110 g/mol. The van der Waals surface area contributed by atoms with E-state index in [4.69, 9.17) is 15.1 Å². The van der Waals surface area contributed by atoms with Gasteiger partial charge < -0.3 is 0 Å². The minimum absolute atomic E-state index is 0. The smallest absolute Gasteiger partial charge is 0.201 e. The lowest BCUT2D eigenvalue weighted by Crippen LogP contribution is -2.32. The first-order chi connectivity index (χ1) is 45.6. The van der Waals surface area contributed by atoms with E-state index in [-0.39, 0.29) is 60.1 Å². The molecular formula is C87H124N5+5. The number of rotatable bonds is 12. The summed E-state index contributed by atoms with van der Waals surface area (Å²) in [7, 11) is 9.85. The molecule has 5 nitrogen and oxygen atoms in total. The largest absolute Gasteiger partial charge is 0.212 e. The Balaban J connectivity index is 0.000000637. The molecule has 0 radical (unpaired) electrons. The van der Waals surface area contributed by atoms with E-state index in [0.717, 1.165) is 68.1 Å². The number of nitrogens with zero attached hydrogens (tertiary/aromatic N) is 5. The van der Waals surface area contributed by atoms with Gasteiger partial charge in [0.2, 0.25) is 28.5 Å². The van der Waals surface area contributed by atoms with Crippen LogP contribution in [0, 0.1) is 67.2 Å². The summed E-state index contributed by atoms with van der Waals surface area (Å²) in [6.45, 7) is 25.1. The molecule has 0 saturated carbocycles. The third kappa shape index (κ3) is 22.3. The Morgan fingerprint density at radius 1 is 0.326 bits per heavy atom. The zero-order chi connectivity index (χ0) is 73.2. The third-order valence-electron chi connectivity index (χ3n) is 15.6. The Morgan fingerprint density at radius 2 is 0.663 bits per heavy atom. The van der Waals surface area contributed by atoms with Crippen LogP contribution in [0.3, 0.4) is 0 Å². The lowest BCUT2D eigenvalue weighted by molar-refractivity contribution is -0.661. The molecule has 0 amide bonds. The van der Waals surface area contributed by atoms with Crippen molar-refractivity contribution >= 4 is 0 Å². The molecule has 5 aromatic heterocycles. The Morgan fingerprint density at radius 3 is 1.03 bits per heavy atom. The van der Waals surface area contributed by atoms with Gasteiger partial charge in [-0.15, -0.1) is 0 Å². The number of hydrogen-bond donors (Lipinski definition) is 0. The van der Waals surface area contributed by atoms with Gasteiger partial charge in [-0.1, -0.05) is 177 Å². The average Bonchev–Trinajstić information content (AvgIpc) is 0.789. The molecule has 0 aliphatic rings. The van der Waals surface area contributed by atoms with Crippen molar-refractivity contribution in [3.8, 4) is 56.3 Å². The lowest BCUT2D eigenvalue weighted by Gasteiger charge is -2.08. The molecule has 5 heteroatoms. The zero-order valence-corrected chi connectivity index (χ0v) is 55.6. The van der Waals surface area contributed by atoms with Gasteiger partial charge in [-0.25, -0.2) is 22.8 Å². The second-order valence-electron chi connectivity index (χ2n) is 23.3. The van der Waals surface area contributed by atoms with Crippen LogP contribution in [0.4, 0.5) is 0 Å². The van der Waals surface area contributed by atoms with Crippen LogP contribution in [0.2, 0.25) is 0 Å². The molecule has 5 aromatic carbocycles. The maximum absolute atomic E-state index is 8.26. The van der Waals surface area contributed by atoms with E-state index >= 15 is 0 Å². The third-order valence-corrected chi connectivity index (χ3v) is 15.6. The van der Waals surface area contributed by atoms with Crippen molar-refractivity contribution in [3.63, 3.8) is 0 Å². The van der Waals surface area contributed by atoms with Gasteiger partial charge in [0.15, 0.2) is 31.0 Å². The molecule has 0 aliphatic heterocycles. The fraction of sp³-hybridized carbons (Fsp3) is 0.368. The highest BCUT2D eigenvalue weighted by Crippen LogP contribution is 2.26. The van der Waals surface area contributed by atoms with Crippen molar-refractivity contribution in [2.24, 2.45) is 47.1 Å². The highest BCUT2D eigenvalue weighted by molar-refractivity contribution is 5.65. The molecule has 0 fully saturated rings. The summed E-state index contributed by atoms with van der Waals surface area (Å²) < 4.78 is 97.7. The molecule has 0 spiro atoms. The molecule has 92 heavy (non-hydrogen) atoms. The molecule has 0 N–H and O–H groups in total. The van der Waals surface area contributed by atoms with Gasteiger partial charge >= 0.3 is 0 Å². The van der Waals surface area contributed by atoms with Gasteiger partial charge in [-0.3, -0.25) is 0 Å². The maximum atomic E-state index is 8.26. The van der Waals surface area contributed by atoms with Crippen molar-refractivity contribution in [1.82, 2.24) is 0 Å². The second kappa shape index (κ2) is 39.3. The fourth-order valence-electron chi connectivity index (χ4n) is 10.7. The van der Waals surface area contributed by atoms with E-state index in [2.05, 4.69) is 132 Å². The molecule has 0 unspecified atom stereocenters.